The van der Waals surface area contributed by atoms with Crippen LogP contribution in [-0.2, 0) is 0 Å². The number of fused-ring (bicyclic) bond motifs is 8. The van der Waals surface area contributed by atoms with Gasteiger partial charge in [-0.15, -0.1) is 0 Å². The first kappa shape index (κ1) is 12.0. The average Bonchev–Trinajstić information content (AvgIpc) is 2.81. The van der Waals surface area contributed by atoms with E-state index < -0.39 is 0 Å². The first-order valence-electron chi connectivity index (χ1n) is 8.05. The van der Waals surface area contributed by atoms with Crippen molar-refractivity contribution in [3.05, 3.63) is 33.4 Å². The van der Waals surface area contributed by atoms with Crippen LogP contribution in [0.15, 0.2) is 0 Å². The van der Waals surface area contributed by atoms with Crippen LogP contribution in [0.1, 0.15) is 65.5 Å². The summed E-state index contributed by atoms with van der Waals surface area (Å²) < 4.78 is 0. The average molecular weight is 254 g/mol. The predicted molar refractivity (Wildman–Crippen MR) is 80.8 cm³/mol. The third-order valence-corrected chi connectivity index (χ3v) is 7.49. The largest absolute Gasteiger partial charge is 0.0620 e. The van der Waals surface area contributed by atoms with E-state index in [1.54, 1.807) is 33.4 Å². The van der Waals surface area contributed by atoms with E-state index >= 15 is 0 Å². The van der Waals surface area contributed by atoms with Crippen molar-refractivity contribution < 1.29 is 0 Å². The van der Waals surface area contributed by atoms with Gasteiger partial charge in [0.1, 0.15) is 0 Å². The van der Waals surface area contributed by atoms with Gasteiger partial charge in [0.15, 0.2) is 0 Å². The fourth-order valence-corrected chi connectivity index (χ4v) is 5.92. The Labute approximate surface area is 117 Å². The van der Waals surface area contributed by atoms with Crippen LogP contribution >= 0.6 is 0 Å². The van der Waals surface area contributed by atoms with Gasteiger partial charge in [0, 0.05) is 0 Å². The Hall–Kier alpha value is -0.780. The standard InChI is InChI=1S/C19H26/c1-8-9(2)13(6)17-16(12(8)5)18-14-7-15(19(17)18)11(4)10(14)3/h10-11,14-15,18-19H,7H2,1-6H3. The molecule has 0 nitrogen and oxygen atoms in total. The summed E-state index contributed by atoms with van der Waals surface area (Å²) in [6.07, 6.45) is 1.50. The summed E-state index contributed by atoms with van der Waals surface area (Å²) in [7, 11) is 0. The zero-order chi connectivity index (χ0) is 13.6. The van der Waals surface area contributed by atoms with E-state index in [2.05, 4.69) is 41.5 Å². The molecule has 0 aliphatic heterocycles. The molecule has 4 rings (SSSR count). The maximum Gasteiger partial charge on any atom is -0.00534 e. The Morgan fingerprint density at radius 2 is 1.00 bits per heavy atom. The normalized spacial score (nSPS) is 42.0. The van der Waals surface area contributed by atoms with E-state index in [0.717, 1.165) is 35.5 Å². The number of hydrogen-bond donors (Lipinski definition) is 0. The van der Waals surface area contributed by atoms with Crippen molar-refractivity contribution in [3.8, 4) is 0 Å². The highest BCUT2D eigenvalue weighted by molar-refractivity contribution is 5.61. The van der Waals surface area contributed by atoms with Crippen LogP contribution in [0.25, 0.3) is 0 Å². The lowest BCUT2D eigenvalue weighted by atomic mass is 9.54. The van der Waals surface area contributed by atoms with Gasteiger partial charge >= 0.3 is 0 Å². The highest BCUT2D eigenvalue weighted by atomic mass is 14.7. The lowest BCUT2D eigenvalue weighted by Gasteiger charge is -2.50. The van der Waals surface area contributed by atoms with E-state index in [0.29, 0.717) is 0 Å². The van der Waals surface area contributed by atoms with E-state index in [4.69, 9.17) is 0 Å². The van der Waals surface area contributed by atoms with Gasteiger partial charge in [-0.2, -0.15) is 0 Å². The zero-order valence-electron chi connectivity index (χ0n) is 13.2. The molecular weight excluding hydrogens is 228 g/mol. The van der Waals surface area contributed by atoms with Crippen LogP contribution in [0.2, 0.25) is 0 Å². The second-order valence-corrected chi connectivity index (χ2v) is 7.66. The molecule has 0 amide bonds. The van der Waals surface area contributed by atoms with E-state index in [-0.39, 0.29) is 0 Å². The van der Waals surface area contributed by atoms with Crippen LogP contribution in [0, 0.1) is 51.4 Å². The van der Waals surface area contributed by atoms with Gasteiger partial charge in [-0.1, -0.05) is 13.8 Å². The monoisotopic (exact) mass is 254 g/mol. The third kappa shape index (κ3) is 1.14. The van der Waals surface area contributed by atoms with Gasteiger partial charge in [-0.3, -0.25) is 0 Å². The van der Waals surface area contributed by atoms with Crippen molar-refractivity contribution in [2.24, 2.45) is 23.7 Å². The summed E-state index contributed by atoms with van der Waals surface area (Å²) >= 11 is 0. The molecule has 6 unspecified atom stereocenters. The molecule has 102 valence electrons. The van der Waals surface area contributed by atoms with Crippen molar-refractivity contribution >= 4 is 0 Å². The molecule has 3 aliphatic carbocycles. The van der Waals surface area contributed by atoms with Crippen LogP contribution in [0.4, 0.5) is 0 Å². The fraction of sp³-hybridized carbons (Fsp3) is 0.684. The smallest absolute Gasteiger partial charge is 0.00534 e. The minimum atomic E-state index is 0.921. The molecule has 1 aromatic carbocycles. The van der Waals surface area contributed by atoms with Gasteiger partial charge in [-0.05, 0) is 103 Å². The van der Waals surface area contributed by atoms with Crippen molar-refractivity contribution in [1.29, 1.82) is 0 Å². The summed E-state index contributed by atoms with van der Waals surface area (Å²) in [5, 5.41) is 0. The van der Waals surface area contributed by atoms with Crippen molar-refractivity contribution in [2.45, 2.75) is 59.8 Å². The maximum absolute atomic E-state index is 2.51. The van der Waals surface area contributed by atoms with Crippen molar-refractivity contribution in [1.82, 2.24) is 0 Å². The predicted octanol–water partition coefficient (Wildman–Crippen LogP) is 5.02. The molecule has 2 fully saturated rings. The van der Waals surface area contributed by atoms with Gasteiger partial charge in [-0.25, -0.2) is 0 Å². The quantitative estimate of drug-likeness (QED) is 0.609. The Morgan fingerprint density at radius 3 is 1.37 bits per heavy atom. The summed E-state index contributed by atoms with van der Waals surface area (Å²) in [6, 6.07) is 0. The van der Waals surface area contributed by atoms with E-state index in [9.17, 15) is 0 Å². The summed E-state index contributed by atoms with van der Waals surface area (Å²) in [5.74, 6) is 5.70. The Bertz CT molecular complexity index is 529. The van der Waals surface area contributed by atoms with Crippen molar-refractivity contribution in [3.63, 3.8) is 0 Å². The van der Waals surface area contributed by atoms with Crippen LogP contribution in [0.5, 0.6) is 0 Å². The molecule has 0 radical (unpaired) electrons. The van der Waals surface area contributed by atoms with Crippen LogP contribution in [-0.4, -0.2) is 0 Å². The molecule has 0 saturated heterocycles. The first-order valence-corrected chi connectivity index (χ1v) is 8.05. The molecule has 0 N–H and O–H groups in total. The molecule has 2 bridgehead atoms. The van der Waals surface area contributed by atoms with Gasteiger partial charge in [0.05, 0.1) is 0 Å². The highest BCUT2D eigenvalue weighted by Crippen LogP contribution is 2.72. The molecule has 19 heavy (non-hydrogen) atoms. The van der Waals surface area contributed by atoms with E-state index in [1.807, 2.05) is 0 Å². The molecule has 0 aromatic heterocycles. The molecule has 0 heterocycles. The summed E-state index contributed by atoms with van der Waals surface area (Å²) in [4.78, 5) is 0. The first-order chi connectivity index (χ1) is 8.95. The zero-order valence-corrected chi connectivity index (χ0v) is 13.2. The van der Waals surface area contributed by atoms with Gasteiger partial charge in [0.2, 0.25) is 0 Å². The Kier molecular flexibility index (Phi) is 2.18. The van der Waals surface area contributed by atoms with Crippen LogP contribution in [0.3, 0.4) is 0 Å². The minimum absolute atomic E-state index is 0.921. The summed E-state index contributed by atoms with van der Waals surface area (Å²) in [5.41, 5.74) is 9.89. The summed E-state index contributed by atoms with van der Waals surface area (Å²) in [6.45, 7) is 14.4. The van der Waals surface area contributed by atoms with Crippen molar-refractivity contribution in [2.75, 3.05) is 0 Å². The molecule has 0 spiro atoms. The number of hydrogen-bond acceptors (Lipinski definition) is 0. The van der Waals surface area contributed by atoms with Gasteiger partial charge < -0.3 is 0 Å². The molecule has 3 aliphatic rings. The number of rotatable bonds is 0. The molecule has 6 atom stereocenters. The maximum atomic E-state index is 2.51. The second-order valence-electron chi connectivity index (χ2n) is 7.66. The Morgan fingerprint density at radius 1 is 0.632 bits per heavy atom. The minimum Gasteiger partial charge on any atom is -0.0620 e. The number of benzene rings is 1. The molecule has 0 heteroatoms. The lowest BCUT2D eigenvalue weighted by Crippen LogP contribution is -2.38. The third-order valence-electron chi connectivity index (χ3n) is 7.49. The van der Waals surface area contributed by atoms with E-state index in [1.165, 1.54) is 6.42 Å². The fourth-order valence-electron chi connectivity index (χ4n) is 5.92. The SMILES string of the molecule is Cc1c(C)c(C)c2c(c1C)C1C3CC(C(C)C3C)C21. The highest BCUT2D eigenvalue weighted by Gasteiger charge is 2.61. The molecular formula is C19H26. The molecule has 1 aromatic rings. The lowest BCUT2D eigenvalue weighted by molar-refractivity contribution is 0.180. The Balaban J connectivity index is 1.93. The molecule has 2 saturated carbocycles. The second kappa shape index (κ2) is 3.45. The topological polar surface area (TPSA) is 0 Å². The van der Waals surface area contributed by atoms with Gasteiger partial charge in [0.25, 0.3) is 0 Å². The van der Waals surface area contributed by atoms with Crippen LogP contribution < -0.4 is 0 Å².